The largest absolute Gasteiger partial charge is 0.284 e. The third kappa shape index (κ3) is 4.95. The molecule has 1 aliphatic rings. The molecule has 0 saturated heterocycles. The van der Waals surface area contributed by atoms with Gasteiger partial charge in [-0.05, 0) is 66.6 Å². The molecule has 0 radical (unpaired) electrons. The molecule has 7 nitrogen and oxygen atoms in total. The molecule has 0 saturated carbocycles. The summed E-state index contributed by atoms with van der Waals surface area (Å²) < 4.78 is 80.9. The first-order valence-electron chi connectivity index (χ1n) is 10.3. The van der Waals surface area contributed by atoms with Crippen LogP contribution in [-0.2, 0) is 20.0 Å². The van der Waals surface area contributed by atoms with Gasteiger partial charge in [-0.1, -0.05) is 24.3 Å². The zero-order chi connectivity index (χ0) is 24.5. The number of sulfonamides is 2. The minimum Gasteiger partial charge on any atom is -0.284 e. The van der Waals surface area contributed by atoms with Crippen molar-refractivity contribution in [1.29, 1.82) is 0 Å². The van der Waals surface area contributed by atoms with Gasteiger partial charge in [0.15, 0.2) is 0 Å². The van der Waals surface area contributed by atoms with Crippen molar-refractivity contribution in [2.24, 2.45) is 5.10 Å². The number of rotatable bonds is 7. The number of nitrogens with zero attached hydrogens (tertiary/aromatic N) is 2. The number of benzene rings is 3. The van der Waals surface area contributed by atoms with Gasteiger partial charge in [0.1, 0.15) is 11.6 Å². The zero-order valence-electron chi connectivity index (χ0n) is 18.0. The van der Waals surface area contributed by atoms with Crippen LogP contribution in [0.15, 0.2) is 82.8 Å². The van der Waals surface area contributed by atoms with Crippen LogP contribution in [0.5, 0.6) is 0 Å². The smallest absolute Gasteiger partial charge is 0.279 e. The number of halogens is 2. The van der Waals surface area contributed by atoms with Gasteiger partial charge < -0.3 is 0 Å². The van der Waals surface area contributed by atoms with Crippen LogP contribution in [0, 0.1) is 11.6 Å². The van der Waals surface area contributed by atoms with Crippen LogP contribution in [0.3, 0.4) is 0 Å². The predicted octanol–water partition coefficient (Wildman–Crippen LogP) is 4.27. The van der Waals surface area contributed by atoms with E-state index in [0.717, 1.165) is 28.7 Å². The molecular formula is C23H21F2N3O4S2. The SMILES string of the molecule is CCS(=O)(=O)Nc1ccc(C2=NN(S(=O)(=O)c3ccc(F)cc3)[C@@H](c3cccc(F)c3)C2)cc1. The van der Waals surface area contributed by atoms with E-state index in [9.17, 15) is 25.6 Å². The molecule has 3 aromatic carbocycles. The second kappa shape index (κ2) is 9.15. The van der Waals surface area contributed by atoms with Gasteiger partial charge in [0, 0.05) is 12.1 Å². The molecule has 34 heavy (non-hydrogen) atoms. The van der Waals surface area contributed by atoms with Crippen LogP contribution in [0.25, 0.3) is 0 Å². The topological polar surface area (TPSA) is 95.9 Å². The lowest BCUT2D eigenvalue weighted by Gasteiger charge is -2.23. The molecule has 0 amide bonds. The first-order chi connectivity index (χ1) is 16.1. The summed E-state index contributed by atoms with van der Waals surface area (Å²) in [6.07, 6.45) is 0.157. The fourth-order valence-corrected chi connectivity index (χ4v) is 5.62. The summed E-state index contributed by atoms with van der Waals surface area (Å²) in [5.41, 5.74) is 1.78. The van der Waals surface area contributed by atoms with Gasteiger partial charge >= 0.3 is 0 Å². The number of anilines is 1. The minimum atomic E-state index is -4.18. The van der Waals surface area contributed by atoms with Crippen molar-refractivity contribution in [3.63, 3.8) is 0 Å². The Kier molecular flexibility index (Phi) is 6.41. The van der Waals surface area contributed by atoms with E-state index in [0.29, 0.717) is 22.5 Å². The van der Waals surface area contributed by atoms with Crippen LogP contribution in [0.1, 0.15) is 30.5 Å². The Morgan fingerprint density at radius 3 is 2.24 bits per heavy atom. The summed E-state index contributed by atoms with van der Waals surface area (Å²) >= 11 is 0. The van der Waals surface area contributed by atoms with Crippen LogP contribution in [0.2, 0.25) is 0 Å². The lowest BCUT2D eigenvalue weighted by Crippen LogP contribution is -2.27. The van der Waals surface area contributed by atoms with Crippen molar-refractivity contribution in [1.82, 2.24) is 4.41 Å². The van der Waals surface area contributed by atoms with Crippen molar-refractivity contribution >= 4 is 31.4 Å². The molecule has 11 heteroatoms. The van der Waals surface area contributed by atoms with Crippen molar-refractivity contribution in [3.8, 4) is 0 Å². The minimum absolute atomic E-state index is 0.0764. The lowest BCUT2D eigenvalue weighted by molar-refractivity contribution is 0.370. The Hall–Kier alpha value is -3.31. The van der Waals surface area contributed by atoms with Crippen LogP contribution < -0.4 is 4.72 Å². The van der Waals surface area contributed by atoms with Gasteiger partial charge in [-0.2, -0.15) is 17.9 Å². The Bertz CT molecular complexity index is 1440. The van der Waals surface area contributed by atoms with Gasteiger partial charge in [-0.3, -0.25) is 4.72 Å². The fourth-order valence-electron chi connectivity index (χ4n) is 3.54. The van der Waals surface area contributed by atoms with Crippen LogP contribution in [0.4, 0.5) is 14.5 Å². The normalized spacial score (nSPS) is 16.4. The molecule has 0 aliphatic carbocycles. The number of nitrogens with one attached hydrogen (secondary N) is 1. The molecule has 178 valence electrons. The Balaban J connectivity index is 1.72. The molecule has 1 N–H and O–H groups in total. The van der Waals surface area contributed by atoms with Crippen LogP contribution >= 0.6 is 0 Å². The average Bonchev–Trinajstić information content (AvgIpc) is 3.26. The first kappa shape index (κ1) is 23.8. The second-order valence-electron chi connectivity index (χ2n) is 7.64. The van der Waals surface area contributed by atoms with Crippen molar-refractivity contribution < 1.29 is 25.6 Å². The van der Waals surface area contributed by atoms with E-state index >= 15 is 0 Å². The Labute approximate surface area is 196 Å². The van der Waals surface area contributed by atoms with E-state index in [2.05, 4.69) is 9.82 Å². The summed E-state index contributed by atoms with van der Waals surface area (Å²) in [4.78, 5) is -0.148. The standard InChI is InChI=1S/C23H21F2N3O4S2/c1-2-33(29,30)27-20-10-6-16(7-11-20)22-15-23(17-4-3-5-19(25)14-17)28(26-22)34(31,32)21-12-8-18(24)9-13-21/h3-14,23,27H,2,15H2,1H3/t23-/m1/s1. The summed E-state index contributed by atoms with van der Waals surface area (Å²) in [6.45, 7) is 1.52. The number of hydrogen-bond donors (Lipinski definition) is 1. The molecule has 3 aromatic rings. The molecular weight excluding hydrogens is 484 g/mol. The van der Waals surface area contributed by atoms with E-state index in [4.69, 9.17) is 0 Å². The Morgan fingerprint density at radius 2 is 1.62 bits per heavy atom. The van der Waals surface area contributed by atoms with E-state index in [1.165, 1.54) is 25.1 Å². The third-order valence-electron chi connectivity index (χ3n) is 5.34. The van der Waals surface area contributed by atoms with Gasteiger partial charge in [0.05, 0.1) is 22.4 Å². The quantitative estimate of drug-likeness (QED) is 0.519. The first-order valence-corrected chi connectivity index (χ1v) is 13.4. The molecule has 0 aromatic heterocycles. The molecule has 0 bridgehead atoms. The highest BCUT2D eigenvalue weighted by atomic mass is 32.2. The number of hydrazone groups is 1. The Morgan fingerprint density at radius 1 is 0.941 bits per heavy atom. The fraction of sp³-hybridized carbons (Fsp3) is 0.174. The second-order valence-corrected chi connectivity index (χ2v) is 11.4. The highest BCUT2D eigenvalue weighted by Gasteiger charge is 2.38. The third-order valence-corrected chi connectivity index (χ3v) is 8.34. The summed E-state index contributed by atoms with van der Waals surface area (Å²) in [7, 11) is -7.62. The maximum atomic E-state index is 13.9. The van der Waals surface area contributed by atoms with Gasteiger partial charge in [-0.25, -0.2) is 17.2 Å². The summed E-state index contributed by atoms with van der Waals surface area (Å²) in [5, 5.41) is 4.34. The highest BCUT2D eigenvalue weighted by molar-refractivity contribution is 7.92. The molecule has 0 unspecified atom stereocenters. The maximum absolute atomic E-state index is 13.9. The van der Waals surface area contributed by atoms with Crippen molar-refractivity contribution in [3.05, 3.63) is 95.6 Å². The average molecular weight is 506 g/mol. The van der Waals surface area contributed by atoms with Gasteiger partial charge in [0.25, 0.3) is 10.0 Å². The van der Waals surface area contributed by atoms with E-state index in [-0.39, 0.29) is 17.1 Å². The molecule has 1 atom stereocenters. The lowest BCUT2D eigenvalue weighted by atomic mass is 9.99. The van der Waals surface area contributed by atoms with E-state index in [1.54, 1.807) is 30.3 Å². The molecule has 1 aliphatic heterocycles. The summed E-state index contributed by atoms with van der Waals surface area (Å²) in [6, 6.07) is 15.5. The molecule has 1 heterocycles. The van der Waals surface area contributed by atoms with Gasteiger partial charge in [-0.15, -0.1) is 0 Å². The van der Waals surface area contributed by atoms with Crippen molar-refractivity contribution in [2.75, 3.05) is 10.5 Å². The molecule has 4 rings (SSSR count). The van der Waals surface area contributed by atoms with E-state index < -0.39 is 37.7 Å². The summed E-state index contributed by atoms with van der Waals surface area (Å²) in [5.74, 6) is -1.17. The van der Waals surface area contributed by atoms with Gasteiger partial charge in [0.2, 0.25) is 10.0 Å². The van der Waals surface area contributed by atoms with Crippen molar-refractivity contribution in [2.45, 2.75) is 24.3 Å². The predicted molar refractivity (Wildman–Crippen MR) is 125 cm³/mol. The zero-order valence-corrected chi connectivity index (χ0v) is 19.7. The number of hydrogen-bond acceptors (Lipinski definition) is 5. The van der Waals surface area contributed by atoms with Crippen LogP contribution in [-0.4, -0.2) is 32.7 Å². The molecule has 0 fully saturated rings. The van der Waals surface area contributed by atoms with E-state index in [1.807, 2.05) is 0 Å². The molecule has 0 spiro atoms. The monoisotopic (exact) mass is 505 g/mol. The highest BCUT2D eigenvalue weighted by Crippen LogP contribution is 2.37. The maximum Gasteiger partial charge on any atom is 0.279 e.